The molecule has 8 heteroatoms. The molecule has 0 aliphatic carbocycles. The molecule has 0 saturated carbocycles. The van der Waals surface area contributed by atoms with Crippen LogP contribution >= 0.6 is 0 Å². The van der Waals surface area contributed by atoms with Crippen LogP contribution in [0.3, 0.4) is 0 Å². The van der Waals surface area contributed by atoms with Crippen LogP contribution < -0.4 is 5.32 Å². The highest BCUT2D eigenvalue weighted by Crippen LogP contribution is 2.18. The third-order valence-electron chi connectivity index (χ3n) is 2.96. The van der Waals surface area contributed by atoms with Crippen molar-refractivity contribution >= 4 is 18.0 Å². The van der Waals surface area contributed by atoms with Crippen molar-refractivity contribution in [1.29, 1.82) is 0 Å². The number of carbonyl (C=O) groups excluding carboxylic acids is 1. The fourth-order valence-corrected chi connectivity index (χ4v) is 2.27. The van der Waals surface area contributed by atoms with Crippen LogP contribution in [-0.2, 0) is 14.3 Å². The first-order chi connectivity index (χ1) is 9.56. The summed E-state index contributed by atoms with van der Waals surface area (Å²) in [5.74, 6) is -2.74. The second kappa shape index (κ2) is 6.75. The van der Waals surface area contributed by atoms with Crippen LogP contribution in [0.1, 0.15) is 27.2 Å². The number of carbonyl (C=O) groups is 3. The Labute approximate surface area is 123 Å². The molecule has 1 heterocycles. The average Bonchev–Trinajstić information content (AvgIpc) is 2.24. The molecule has 0 radical (unpaired) electrons. The van der Waals surface area contributed by atoms with Crippen molar-refractivity contribution in [3.05, 3.63) is 0 Å². The molecule has 120 valence electrons. The SMILES string of the molecule is CC(C)(C)OC(=O)NC1CC(C(=O)O)CN(CC(=O)O)C1. The molecule has 2 atom stereocenters. The molecule has 0 spiro atoms. The Morgan fingerprint density at radius 3 is 2.33 bits per heavy atom. The second-order valence-electron chi connectivity index (χ2n) is 6.20. The first-order valence-electron chi connectivity index (χ1n) is 6.73. The minimum Gasteiger partial charge on any atom is -0.481 e. The molecule has 1 fully saturated rings. The first kappa shape index (κ1) is 17.2. The van der Waals surface area contributed by atoms with Gasteiger partial charge in [-0.25, -0.2) is 4.79 Å². The summed E-state index contributed by atoms with van der Waals surface area (Å²) in [6.07, 6.45) is -0.376. The van der Waals surface area contributed by atoms with Gasteiger partial charge in [0.15, 0.2) is 0 Å². The third-order valence-corrected chi connectivity index (χ3v) is 2.96. The van der Waals surface area contributed by atoms with Crippen molar-refractivity contribution in [2.24, 2.45) is 5.92 Å². The molecule has 0 aromatic heterocycles. The summed E-state index contributed by atoms with van der Waals surface area (Å²) in [6, 6.07) is -0.450. The van der Waals surface area contributed by atoms with E-state index < -0.39 is 35.6 Å². The summed E-state index contributed by atoms with van der Waals surface area (Å²) in [5, 5.41) is 20.5. The standard InChI is InChI=1S/C13H22N2O6/c1-13(2,3)21-12(20)14-9-4-8(11(18)19)5-15(6-9)7-10(16)17/h8-9H,4-7H2,1-3H3,(H,14,20)(H,16,17)(H,18,19). The number of amides is 1. The lowest BCUT2D eigenvalue weighted by Gasteiger charge is -2.35. The minimum atomic E-state index is -1.03. The molecule has 8 nitrogen and oxygen atoms in total. The molecule has 0 aromatic carbocycles. The fourth-order valence-electron chi connectivity index (χ4n) is 2.27. The van der Waals surface area contributed by atoms with Gasteiger partial charge in [-0.3, -0.25) is 14.5 Å². The van der Waals surface area contributed by atoms with E-state index in [2.05, 4.69) is 5.32 Å². The van der Waals surface area contributed by atoms with Crippen LogP contribution in [0, 0.1) is 5.92 Å². The van der Waals surface area contributed by atoms with Gasteiger partial charge in [0, 0.05) is 19.1 Å². The maximum atomic E-state index is 11.7. The molecule has 3 N–H and O–H groups in total. The quantitative estimate of drug-likeness (QED) is 0.687. The number of carboxylic acid groups (broad SMARTS) is 2. The number of likely N-dealkylation sites (tertiary alicyclic amines) is 1. The summed E-state index contributed by atoms with van der Waals surface area (Å²) >= 11 is 0. The Bertz CT molecular complexity index is 417. The largest absolute Gasteiger partial charge is 0.481 e. The van der Waals surface area contributed by atoms with Gasteiger partial charge < -0.3 is 20.3 Å². The third kappa shape index (κ3) is 6.44. The Kier molecular flexibility index (Phi) is 5.54. The van der Waals surface area contributed by atoms with Crippen LogP contribution in [0.25, 0.3) is 0 Å². The number of hydrogen-bond donors (Lipinski definition) is 3. The molecule has 1 amide bonds. The minimum absolute atomic E-state index is 0.161. The molecular formula is C13H22N2O6. The number of nitrogens with one attached hydrogen (secondary N) is 1. The molecule has 0 aromatic rings. The van der Waals surface area contributed by atoms with E-state index in [0.29, 0.717) is 0 Å². The maximum absolute atomic E-state index is 11.7. The van der Waals surface area contributed by atoms with Gasteiger partial charge in [-0.2, -0.15) is 0 Å². The molecule has 2 unspecified atom stereocenters. The van der Waals surface area contributed by atoms with E-state index in [0.717, 1.165) is 0 Å². The predicted molar refractivity (Wildman–Crippen MR) is 73.0 cm³/mol. The molecule has 1 aliphatic rings. The monoisotopic (exact) mass is 302 g/mol. The highest BCUT2D eigenvalue weighted by atomic mass is 16.6. The Morgan fingerprint density at radius 2 is 1.86 bits per heavy atom. The number of hydrogen-bond acceptors (Lipinski definition) is 5. The zero-order valence-corrected chi connectivity index (χ0v) is 12.5. The summed E-state index contributed by atoms with van der Waals surface area (Å²) < 4.78 is 5.12. The number of alkyl carbamates (subject to hydrolysis) is 1. The molecular weight excluding hydrogens is 280 g/mol. The predicted octanol–water partition coefficient (Wildman–Crippen LogP) is 0.371. The topological polar surface area (TPSA) is 116 Å². The van der Waals surface area contributed by atoms with Crippen LogP contribution in [0.15, 0.2) is 0 Å². The Balaban J connectivity index is 2.65. The number of ether oxygens (including phenoxy) is 1. The van der Waals surface area contributed by atoms with E-state index in [-0.39, 0.29) is 26.1 Å². The first-order valence-corrected chi connectivity index (χ1v) is 6.73. The number of aliphatic carboxylic acids is 2. The van der Waals surface area contributed by atoms with Gasteiger partial charge in [0.25, 0.3) is 0 Å². The summed E-state index contributed by atoms with van der Waals surface area (Å²) in [6.45, 7) is 5.37. The van der Waals surface area contributed by atoms with Gasteiger partial charge in [0.05, 0.1) is 12.5 Å². The van der Waals surface area contributed by atoms with E-state index in [1.54, 1.807) is 20.8 Å². The lowest BCUT2D eigenvalue weighted by Crippen LogP contribution is -2.54. The van der Waals surface area contributed by atoms with Gasteiger partial charge in [-0.1, -0.05) is 0 Å². The van der Waals surface area contributed by atoms with Gasteiger partial charge in [0.2, 0.25) is 0 Å². The van der Waals surface area contributed by atoms with Crippen molar-refractivity contribution in [1.82, 2.24) is 10.2 Å². The molecule has 1 saturated heterocycles. The van der Waals surface area contributed by atoms with E-state index in [9.17, 15) is 14.4 Å². The average molecular weight is 302 g/mol. The smallest absolute Gasteiger partial charge is 0.407 e. The normalized spacial score (nSPS) is 23.4. The number of carboxylic acids is 2. The van der Waals surface area contributed by atoms with Crippen LogP contribution in [0.2, 0.25) is 0 Å². The van der Waals surface area contributed by atoms with Gasteiger partial charge in [0.1, 0.15) is 5.60 Å². The lowest BCUT2D eigenvalue weighted by atomic mass is 9.94. The lowest BCUT2D eigenvalue weighted by molar-refractivity contribution is -0.146. The zero-order chi connectivity index (χ0) is 16.2. The summed E-state index contributed by atoms with van der Waals surface area (Å²) in [7, 11) is 0. The van der Waals surface area contributed by atoms with Crippen molar-refractivity contribution in [2.45, 2.75) is 38.8 Å². The van der Waals surface area contributed by atoms with Crippen LogP contribution in [0.5, 0.6) is 0 Å². The van der Waals surface area contributed by atoms with Gasteiger partial charge in [-0.05, 0) is 27.2 Å². The maximum Gasteiger partial charge on any atom is 0.407 e. The molecule has 0 bridgehead atoms. The summed E-state index contributed by atoms with van der Waals surface area (Å²) in [5.41, 5.74) is -0.647. The Morgan fingerprint density at radius 1 is 1.24 bits per heavy atom. The van der Waals surface area contributed by atoms with E-state index in [1.807, 2.05) is 0 Å². The highest BCUT2D eigenvalue weighted by Gasteiger charge is 2.33. The summed E-state index contributed by atoms with van der Waals surface area (Å²) in [4.78, 5) is 35.1. The Hall–Kier alpha value is -1.83. The van der Waals surface area contributed by atoms with E-state index in [1.165, 1.54) is 4.90 Å². The second-order valence-corrected chi connectivity index (χ2v) is 6.20. The molecule has 21 heavy (non-hydrogen) atoms. The zero-order valence-electron chi connectivity index (χ0n) is 12.5. The number of nitrogens with zero attached hydrogens (tertiary/aromatic N) is 1. The molecule has 1 aliphatic heterocycles. The van der Waals surface area contributed by atoms with E-state index in [4.69, 9.17) is 14.9 Å². The van der Waals surface area contributed by atoms with Gasteiger partial charge in [-0.15, -0.1) is 0 Å². The number of rotatable bonds is 4. The fraction of sp³-hybridized carbons (Fsp3) is 0.769. The number of piperidine rings is 1. The molecule has 1 rings (SSSR count). The van der Waals surface area contributed by atoms with Crippen molar-refractivity contribution in [3.63, 3.8) is 0 Å². The van der Waals surface area contributed by atoms with Gasteiger partial charge >= 0.3 is 18.0 Å². The highest BCUT2D eigenvalue weighted by molar-refractivity contribution is 5.72. The van der Waals surface area contributed by atoms with Crippen LogP contribution in [-0.4, -0.2) is 64.4 Å². The van der Waals surface area contributed by atoms with Crippen molar-refractivity contribution in [2.75, 3.05) is 19.6 Å². The van der Waals surface area contributed by atoms with Crippen molar-refractivity contribution < 1.29 is 29.3 Å². The van der Waals surface area contributed by atoms with Crippen LogP contribution in [0.4, 0.5) is 4.79 Å². The van der Waals surface area contributed by atoms with E-state index >= 15 is 0 Å². The van der Waals surface area contributed by atoms with Crippen molar-refractivity contribution in [3.8, 4) is 0 Å².